The highest BCUT2D eigenvalue weighted by Crippen LogP contribution is 2.51. The van der Waals surface area contributed by atoms with Crippen LogP contribution in [0.4, 0.5) is 5.69 Å². The normalized spacial score (nSPS) is 25.5. The molecule has 22 heavy (non-hydrogen) atoms. The van der Waals surface area contributed by atoms with E-state index >= 15 is 0 Å². The zero-order valence-corrected chi connectivity index (χ0v) is 13.3. The van der Waals surface area contributed by atoms with E-state index in [0.717, 1.165) is 17.7 Å². The Morgan fingerprint density at radius 3 is 2.77 bits per heavy atom. The van der Waals surface area contributed by atoms with Crippen LogP contribution in [0.3, 0.4) is 0 Å². The number of fused-ring (bicyclic) bond motifs is 3. The van der Waals surface area contributed by atoms with Crippen LogP contribution >= 0.6 is 23.2 Å². The fourth-order valence-electron chi connectivity index (χ4n) is 3.67. The van der Waals surface area contributed by atoms with Crippen molar-refractivity contribution in [3.63, 3.8) is 0 Å². The quantitative estimate of drug-likeness (QED) is 0.674. The summed E-state index contributed by atoms with van der Waals surface area (Å²) in [6.07, 6.45) is 5.45. The maximum Gasteiger partial charge on any atom is 0.139 e. The second-order valence-electron chi connectivity index (χ2n) is 5.89. The molecule has 2 N–H and O–H groups in total. The molecule has 1 aliphatic heterocycles. The van der Waals surface area contributed by atoms with Gasteiger partial charge in [0.05, 0.1) is 11.1 Å². The first-order valence-electron chi connectivity index (χ1n) is 7.35. The van der Waals surface area contributed by atoms with Gasteiger partial charge in [0.1, 0.15) is 5.75 Å². The number of hydrogen-bond acceptors (Lipinski definition) is 2. The molecule has 0 bridgehead atoms. The van der Waals surface area contributed by atoms with Gasteiger partial charge in [0.15, 0.2) is 0 Å². The molecule has 0 saturated heterocycles. The average molecular weight is 332 g/mol. The second kappa shape index (κ2) is 5.22. The molecule has 0 fully saturated rings. The van der Waals surface area contributed by atoms with E-state index in [1.165, 1.54) is 5.56 Å². The summed E-state index contributed by atoms with van der Waals surface area (Å²) in [4.78, 5) is 0. The van der Waals surface area contributed by atoms with Crippen molar-refractivity contribution in [2.24, 2.45) is 5.92 Å². The van der Waals surface area contributed by atoms with Crippen molar-refractivity contribution in [3.8, 4) is 5.75 Å². The summed E-state index contributed by atoms with van der Waals surface area (Å²) in [5, 5.41) is 14.8. The molecule has 0 aromatic heterocycles. The van der Waals surface area contributed by atoms with Gasteiger partial charge in [0.25, 0.3) is 0 Å². The summed E-state index contributed by atoms with van der Waals surface area (Å²) < 4.78 is 0. The summed E-state index contributed by atoms with van der Waals surface area (Å²) >= 11 is 12.2. The average Bonchev–Trinajstić information content (AvgIpc) is 3.00. The van der Waals surface area contributed by atoms with E-state index in [2.05, 4.69) is 35.7 Å². The molecule has 1 aliphatic carbocycles. The van der Waals surface area contributed by atoms with Crippen molar-refractivity contribution in [3.05, 3.63) is 69.7 Å². The maximum absolute atomic E-state index is 10.4. The molecule has 2 aliphatic rings. The highest BCUT2D eigenvalue weighted by molar-refractivity contribution is 6.35. The number of halogens is 2. The first kappa shape index (κ1) is 14.0. The number of phenolic OH excluding ortho intramolecular Hbond substituents is 1. The standard InChI is InChI=1S/C18H15Cl2NO/c19-10-8-14(18(22)15(20)9-10)17-13-6-3-5-11(13)12-4-1-2-7-16(12)21-17/h1-5,7-9,11,13,17,21-22H,6H2. The third kappa shape index (κ3) is 2.10. The van der Waals surface area contributed by atoms with Gasteiger partial charge in [0.2, 0.25) is 0 Å². The Morgan fingerprint density at radius 2 is 1.91 bits per heavy atom. The van der Waals surface area contributed by atoms with Crippen LogP contribution in [0.2, 0.25) is 10.0 Å². The molecule has 2 aromatic carbocycles. The van der Waals surface area contributed by atoms with E-state index in [4.69, 9.17) is 23.2 Å². The van der Waals surface area contributed by atoms with Crippen LogP contribution in [0.15, 0.2) is 48.6 Å². The summed E-state index contributed by atoms with van der Waals surface area (Å²) in [5.41, 5.74) is 3.19. The number of allylic oxidation sites excluding steroid dienone is 2. The molecule has 0 amide bonds. The van der Waals surface area contributed by atoms with Gasteiger partial charge in [-0.15, -0.1) is 0 Å². The maximum atomic E-state index is 10.4. The third-order valence-corrected chi connectivity index (χ3v) is 5.17. The van der Waals surface area contributed by atoms with Gasteiger partial charge < -0.3 is 10.4 Å². The van der Waals surface area contributed by atoms with Gasteiger partial charge in [-0.3, -0.25) is 0 Å². The highest BCUT2D eigenvalue weighted by Gasteiger charge is 2.39. The number of rotatable bonds is 1. The monoisotopic (exact) mass is 331 g/mol. The number of nitrogens with one attached hydrogen (secondary N) is 1. The number of hydrogen-bond donors (Lipinski definition) is 2. The van der Waals surface area contributed by atoms with Crippen LogP contribution in [0, 0.1) is 5.92 Å². The molecule has 2 aromatic rings. The van der Waals surface area contributed by atoms with Crippen LogP contribution in [0.1, 0.15) is 29.5 Å². The Balaban J connectivity index is 1.84. The Labute approximate surface area is 139 Å². The van der Waals surface area contributed by atoms with E-state index in [1.54, 1.807) is 6.07 Å². The fraction of sp³-hybridized carbons (Fsp3) is 0.222. The Kier molecular flexibility index (Phi) is 3.32. The fourth-order valence-corrected chi connectivity index (χ4v) is 4.18. The molecule has 3 unspecified atom stereocenters. The number of anilines is 1. The first-order chi connectivity index (χ1) is 10.6. The molecule has 4 rings (SSSR count). The van der Waals surface area contributed by atoms with Crippen molar-refractivity contribution in [1.82, 2.24) is 0 Å². The molecule has 112 valence electrons. The molecular formula is C18H15Cl2NO. The number of benzene rings is 2. The van der Waals surface area contributed by atoms with Gasteiger partial charge in [0, 0.05) is 22.2 Å². The number of phenols is 1. The van der Waals surface area contributed by atoms with E-state index in [9.17, 15) is 5.11 Å². The molecule has 0 spiro atoms. The zero-order valence-electron chi connectivity index (χ0n) is 11.8. The van der Waals surface area contributed by atoms with Crippen molar-refractivity contribution < 1.29 is 5.11 Å². The first-order valence-corrected chi connectivity index (χ1v) is 8.11. The van der Waals surface area contributed by atoms with Crippen LogP contribution in [-0.2, 0) is 0 Å². The van der Waals surface area contributed by atoms with E-state index in [1.807, 2.05) is 12.1 Å². The smallest absolute Gasteiger partial charge is 0.139 e. The predicted octanol–water partition coefficient (Wildman–Crippen LogP) is 5.53. The molecule has 3 atom stereocenters. The number of para-hydroxylation sites is 1. The zero-order chi connectivity index (χ0) is 15.3. The largest absolute Gasteiger partial charge is 0.506 e. The third-order valence-electron chi connectivity index (χ3n) is 4.66. The topological polar surface area (TPSA) is 32.3 Å². The lowest BCUT2D eigenvalue weighted by Crippen LogP contribution is -2.29. The minimum Gasteiger partial charge on any atom is -0.506 e. The summed E-state index contributed by atoms with van der Waals surface area (Å²) in [5.74, 6) is 0.837. The Morgan fingerprint density at radius 1 is 1.09 bits per heavy atom. The SMILES string of the molecule is Oc1c(Cl)cc(Cl)cc1C1Nc2ccccc2C2C=CCC21. The van der Waals surface area contributed by atoms with Crippen molar-refractivity contribution >= 4 is 28.9 Å². The van der Waals surface area contributed by atoms with Crippen LogP contribution in [-0.4, -0.2) is 5.11 Å². The summed E-state index contributed by atoms with van der Waals surface area (Å²) in [7, 11) is 0. The van der Waals surface area contributed by atoms with Gasteiger partial charge in [-0.05, 0) is 36.1 Å². The molecule has 1 heterocycles. The lowest BCUT2D eigenvalue weighted by molar-refractivity contribution is 0.402. The lowest BCUT2D eigenvalue weighted by atomic mass is 9.77. The van der Waals surface area contributed by atoms with Crippen molar-refractivity contribution in [2.75, 3.05) is 5.32 Å². The Hall–Kier alpha value is -1.64. The predicted molar refractivity (Wildman–Crippen MR) is 90.9 cm³/mol. The van der Waals surface area contributed by atoms with Gasteiger partial charge >= 0.3 is 0 Å². The molecule has 2 nitrogen and oxygen atoms in total. The van der Waals surface area contributed by atoms with E-state index in [0.29, 0.717) is 21.9 Å². The molecular weight excluding hydrogens is 317 g/mol. The van der Waals surface area contributed by atoms with Crippen LogP contribution < -0.4 is 5.32 Å². The van der Waals surface area contributed by atoms with Crippen LogP contribution in [0.25, 0.3) is 0 Å². The van der Waals surface area contributed by atoms with Gasteiger partial charge in [-0.25, -0.2) is 0 Å². The van der Waals surface area contributed by atoms with Gasteiger partial charge in [-0.2, -0.15) is 0 Å². The highest BCUT2D eigenvalue weighted by atomic mass is 35.5. The van der Waals surface area contributed by atoms with Crippen molar-refractivity contribution in [1.29, 1.82) is 0 Å². The molecule has 0 radical (unpaired) electrons. The molecule has 0 saturated carbocycles. The van der Waals surface area contributed by atoms with Crippen molar-refractivity contribution in [2.45, 2.75) is 18.4 Å². The van der Waals surface area contributed by atoms with E-state index < -0.39 is 0 Å². The van der Waals surface area contributed by atoms with Crippen LogP contribution in [0.5, 0.6) is 5.75 Å². The van der Waals surface area contributed by atoms with E-state index in [-0.39, 0.29) is 11.8 Å². The Bertz CT molecular complexity index is 772. The number of aromatic hydroxyl groups is 1. The second-order valence-corrected chi connectivity index (χ2v) is 6.73. The minimum atomic E-state index is -0.00824. The molecule has 4 heteroatoms. The van der Waals surface area contributed by atoms with Gasteiger partial charge in [-0.1, -0.05) is 53.6 Å². The summed E-state index contributed by atoms with van der Waals surface area (Å²) in [6, 6.07) is 11.7. The summed E-state index contributed by atoms with van der Waals surface area (Å²) in [6.45, 7) is 0. The lowest BCUT2D eigenvalue weighted by Gasteiger charge is -2.37. The minimum absolute atomic E-state index is 0.00824.